The van der Waals surface area contributed by atoms with Crippen LogP contribution in [0.2, 0.25) is 0 Å². The van der Waals surface area contributed by atoms with Crippen molar-refractivity contribution < 1.29 is 0 Å². The largest absolute Gasteiger partial charge is 0.124 e. The quantitative estimate of drug-likeness (QED) is 0.542. The van der Waals surface area contributed by atoms with E-state index in [1.165, 1.54) is 0 Å². The highest BCUT2D eigenvalue weighted by Gasteiger charge is 1.74. The lowest BCUT2D eigenvalue weighted by Crippen LogP contribution is -1.55. The molecule has 0 saturated heterocycles. The Balaban J connectivity index is 0.000000291. The Bertz CT molecular complexity index is 164. The van der Waals surface area contributed by atoms with Crippen molar-refractivity contribution in [2.45, 2.75) is 0 Å². The summed E-state index contributed by atoms with van der Waals surface area (Å²) in [5, 5.41) is 0. The predicted octanol–water partition coefficient (Wildman–Crippen LogP) is 2.70. The van der Waals surface area contributed by atoms with Crippen LogP contribution in [0.25, 0.3) is 0 Å². The maximum atomic E-state index is 4.00. The van der Waals surface area contributed by atoms with Gasteiger partial charge in [-0.25, -0.2) is 0 Å². The summed E-state index contributed by atoms with van der Waals surface area (Å²) in [5.74, 6) is 0. The van der Waals surface area contributed by atoms with Gasteiger partial charge in [0.05, 0.1) is 0 Å². The first-order chi connectivity index (χ1) is 4.39. The zero-order chi connectivity index (χ0) is 7.11. The molecule has 1 heteroatoms. The van der Waals surface area contributed by atoms with Crippen LogP contribution in [0.5, 0.6) is 0 Å². The van der Waals surface area contributed by atoms with Crippen molar-refractivity contribution in [3.8, 4) is 12.8 Å². The van der Waals surface area contributed by atoms with E-state index in [0.29, 0.717) is 0 Å². The molecule has 0 unspecified atom stereocenters. The molecule has 0 saturated carbocycles. The fourth-order valence-corrected chi connectivity index (χ4v) is 0.720. The molecule has 0 fully saturated rings. The monoisotopic (exact) mass is 182 g/mol. The SMILES string of the molecule is Brc1ccccc1.C#C. The molecule has 0 aliphatic heterocycles. The van der Waals surface area contributed by atoms with E-state index in [1.807, 2.05) is 30.3 Å². The van der Waals surface area contributed by atoms with Crippen molar-refractivity contribution in [2.24, 2.45) is 0 Å². The number of rotatable bonds is 0. The highest BCUT2D eigenvalue weighted by molar-refractivity contribution is 9.10. The van der Waals surface area contributed by atoms with E-state index in [2.05, 4.69) is 28.8 Å². The number of halogens is 1. The Labute approximate surface area is 64.0 Å². The third-order valence-corrected chi connectivity index (χ3v) is 1.26. The summed E-state index contributed by atoms with van der Waals surface area (Å²) < 4.78 is 1.13. The molecule has 0 aliphatic carbocycles. The average Bonchev–Trinajstić information content (AvgIpc) is 1.94. The summed E-state index contributed by atoms with van der Waals surface area (Å²) in [7, 11) is 0. The molecule has 9 heavy (non-hydrogen) atoms. The molecule has 1 aromatic carbocycles. The van der Waals surface area contributed by atoms with E-state index in [-0.39, 0.29) is 0 Å². The van der Waals surface area contributed by atoms with Crippen molar-refractivity contribution in [3.63, 3.8) is 0 Å². The van der Waals surface area contributed by atoms with Crippen molar-refractivity contribution >= 4 is 15.9 Å². The normalized spacial score (nSPS) is 7.00. The fraction of sp³-hybridized carbons (Fsp3) is 0. The first kappa shape index (κ1) is 8.26. The Morgan fingerprint density at radius 2 is 1.44 bits per heavy atom. The van der Waals surface area contributed by atoms with Crippen LogP contribution in [0, 0.1) is 12.8 Å². The smallest absolute Gasteiger partial charge is 0.0175 e. The van der Waals surface area contributed by atoms with Gasteiger partial charge in [0.25, 0.3) is 0 Å². The van der Waals surface area contributed by atoms with Gasteiger partial charge >= 0.3 is 0 Å². The molecule has 0 nitrogen and oxygen atoms in total. The second kappa shape index (κ2) is 5.40. The van der Waals surface area contributed by atoms with Crippen LogP contribution >= 0.6 is 15.9 Å². The zero-order valence-corrected chi connectivity index (χ0v) is 6.51. The molecule has 0 aliphatic rings. The number of benzene rings is 1. The average molecular weight is 183 g/mol. The van der Waals surface area contributed by atoms with Crippen molar-refractivity contribution in [3.05, 3.63) is 34.8 Å². The number of hydrogen-bond acceptors (Lipinski definition) is 0. The van der Waals surface area contributed by atoms with Crippen LogP contribution in [0.3, 0.4) is 0 Å². The third kappa shape index (κ3) is 3.81. The predicted molar refractivity (Wildman–Crippen MR) is 44.0 cm³/mol. The van der Waals surface area contributed by atoms with Gasteiger partial charge in [-0.2, -0.15) is 0 Å². The summed E-state index contributed by atoms with van der Waals surface area (Å²) in [6, 6.07) is 9.97. The first-order valence-electron chi connectivity index (χ1n) is 2.43. The van der Waals surface area contributed by atoms with E-state index in [9.17, 15) is 0 Å². The van der Waals surface area contributed by atoms with Gasteiger partial charge in [0.1, 0.15) is 0 Å². The molecule has 0 bridgehead atoms. The Hall–Kier alpha value is -0.740. The van der Waals surface area contributed by atoms with Gasteiger partial charge in [-0.1, -0.05) is 34.1 Å². The maximum absolute atomic E-state index is 4.00. The molecule has 46 valence electrons. The van der Waals surface area contributed by atoms with Gasteiger partial charge in [-0.15, -0.1) is 12.8 Å². The molecule has 1 aromatic rings. The van der Waals surface area contributed by atoms with Gasteiger partial charge in [0.15, 0.2) is 0 Å². The Morgan fingerprint density at radius 3 is 1.67 bits per heavy atom. The molecule has 0 radical (unpaired) electrons. The Morgan fingerprint density at radius 1 is 1.00 bits per heavy atom. The lowest BCUT2D eigenvalue weighted by atomic mass is 10.4. The molecular formula is C8H7Br. The van der Waals surface area contributed by atoms with Gasteiger partial charge < -0.3 is 0 Å². The minimum absolute atomic E-state index is 1.13. The van der Waals surface area contributed by atoms with Crippen molar-refractivity contribution in [2.75, 3.05) is 0 Å². The minimum atomic E-state index is 1.13. The van der Waals surface area contributed by atoms with Crippen LogP contribution < -0.4 is 0 Å². The lowest BCUT2D eigenvalue weighted by molar-refractivity contribution is 1.66. The zero-order valence-electron chi connectivity index (χ0n) is 4.92. The summed E-state index contributed by atoms with van der Waals surface area (Å²) in [6.07, 6.45) is 8.00. The molecule has 0 heterocycles. The van der Waals surface area contributed by atoms with Gasteiger partial charge in [0, 0.05) is 4.47 Å². The first-order valence-corrected chi connectivity index (χ1v) is 3.23. The highest BCUT2D eigenvalue weighted by atomic mass is 79.9. The number of hydrogen-bond donors (Lipinski definition) is 0. The van der Waals surface area contributed by atoms with Crippen LogP contribution in [-0.4, -0.2) is 0 Å². The topological polar surface area (TPSA) is 0 Å². The highest BCUT2D eigenvalue weighted by Crippen LogP contribution is 2.05. The summed E-state index contributed by atoms with van der Waals surface area (Å²) >= 11 is 3.31. The molecular weight excluding hydrogens is 176 g/mol. The van der Waals surface area contributed by atoms with Crippen molar-refractivity contribution in [1.29, 1.82) is 0 Å². The van der Waals surface area contributed by atoms with Crippen LogP contribution in [0.4, 0.5) is 0 Å². The second-order valence-electron chi connectivity index (χ2n) is 1.30. The van der Waals surface area contributed by atoms with Crippen LogP contribution in [0.1, 0.15) is 0 Å². The fourth-order valence-electron chi connectivity index (χ4n) is 0.415. The Kier molecular flexibility index (Phi) is 4.95. The van der Waals surface area contributed by atoms with E-state index in [1.54, 1.807) is 0 Å². The standard InChI is InChI=1S/C6H5Br.C2H2/c7-6-4-2-1-3-5-6;1-2/h1-5H;1-2H. The van der Waals surface area contributed by atoms with Crippen LogP contribution in [-0.2, 0) is 0 Å². The van der Waals surface area contributed by atoms with E-state index in [4.69, 9.17) is 0 Å². The minimum Gasteiger partial charge on any atom is -0.124 e. The van der Waals surface area contributed by atoms with E-state index >= 15 is 0 Å². The number of terminal acetylenes is 1. The van der Waals surface area contributed by atoms with Gasteiger partial charge in [-0.05, 0) is 12.1 Å². The summed E-state index contributed by atoms with van der Waals surface area (Å²) in [6.45, 7) is 0. The van der Waals surface area contributed by atoms with E-state index < -0.39 is 0 Å². The molecule has 1 rings (SSSR count). The van der Waals surface area contributed by atoms with Gasteiger partial charge in [-0.3, -0.25) is 0 Å². The molecule has 0 N–H and O–H groups in total. The molecule has 0 atom stereocenters. The maximum Gasteiger partial charge on any atom is 0.0175 e. The van der Waals surface area contributed by atoms with Crippen LogP contribution in [0.15, 0.2) is 34.8 Å². The second-order valence-corrected chi connectivity index (χ2v) is 2.21. The van der Waals surface area contributed by atoms with Gasteiger partial charge in [0.2, 0.25) is 0 Å². The summed E-state index contributed by atoms with van der Waals surface area (Å²) in [4.78, 5) is 0. The lowest BCUT2D eigenvalue weighted by Gasteiger charge is -1.80. The molecule has 0 amide bonds. The van der Waals surface area contributed by atoms with E-state index in [0.717, 1.165) is 4.47 Å². The third-order valence-electron chi connectivity index (χ3n) is 0.733. The van der Waals surface area contributed by atoms with Crippen molar-refractivity contribution in [1.82, 2.24) is 0 Å². The summed E-state index contributed by atoms with van der Waals surface area (Å²) in [5.41, 5.74) is 0. The molecule has 0 aromatic heterocycles. The molecule has 0 spiro atoms.